The lowest BCUT2D eigenvalue weighted by atomic mass is 10.4. The number of rotatable bonds is 8. The molecule has 0 amide bonds. The highest BCUT2D eigenvalue weighted by Gasteiger charge is 1.93. The van der Waals surface area contributed by atoms with Gasteiger partial charge in [-0.15, -0.1) is 0 Å². The minimum Gasteiger partial charge on any atom is -0.392 e. The Morgan fingerprint density at radius 1 is 1.42 bits per heavy atom. The van der Waals surface area contributed by atoms with E-state index >= 15 is 0 Å². The average Bonchev–Trinajstić information content (AvgIpc) is 2.02. The van der Waals surface area contributed by atoms with E-state index in [2.05, 4.69) is 12.2 Å². The van der Waals surface area contributed by atoms with Crippen molar-refractivity contribution in [2.45, 2.75) is 32.8 Å². The lowest BCUT2D eigenvalue weighted by molar-refractivity contribution is 0.127. The van der Waals surface area contributed by atoms with Crippen LogP contribution < -0.4 is 5.32 Å². The Kier molecular flexibility index (Phi) is 8.88. The van der Waals surface area contributed by atoms with Crippen LogP contribution in [0.2, 0.25) is 0 Å². The van der Waals surface area contributed by atoms with Crippen LogP contribution in [0.25, 0.3) is 0 Å². The Bertz CT molecular complexity index is 86.6. The molecule has 0 aromatic carbocycles. The van der Waals surface area contributed by atoms with Crippen LogP contribution in [0.5, 0.6) is 0 Å². The molecule has 0 fully saturated rings. The predicted octanol–water partition coefficient (Wildman–Crippen LogP) is 0.774. The number of hydrogen-bond donors (Lipinski definition) is 2. The fourth-order valence-electron chi connectivity index (χ4n) is 0.804. The molecule has 12 heavy (non-hydrogen) atoms. The van der Waals surface area contributed by atoms with E-state index in [-0.39, 0.29) is 6.10 Å². The molecule has 1 atom stereocenters. The first kappa shape index (κ1) is 11.9. The second kappa shape index (κ2) is 8.97. The Hall–Kier alpha value is -0.120. The summed E-state index contributed by atoms with van der Waals surface area (Å²) in [6.45, 7) is 6.99. The average molecular weight is 175 g/mol. The summed E-state index contributed by atoms with van der Waals surface area (Å²) in [4.78, 5) is 0. The van der Waals surface area contributed by atoms with Gasteiger partial charge in [-0.25, -0.2) is 0 Å². The van der Waals surface area contributed by atoms with Gasteiger partial charge in [0.05, 0.1) is 12.7 Å². The minimum absolute atomic E-state index is 0.263. The van der Waals surface area contributed by atoms with Gasteiger partial charge in [0.15, 0.2) is 0 Å². The molecule has 3 heteroatoms. The Balaban J connectivity index is 2.82. The third kappa shape index (κ3) is 9.88. The third-order valence-corrected chi connectivity index (χ3v) is 1.51. The van der Waals surface area contributed by atoms with E-state index in [1.54, 1.807) is 6.92 Å². The first-order valence-corrected chi connectivity index (χ1v) is 4.74. The van der Waals surface area contributed by atoms with Crippen LogP contribution >= 0.6 is 0 Å². The first-order chi connectivity index (χ1) is 5.77. The molecule has 0 saturated heterocycles. The first-order valence-electron chi connectivity index (χ1n) is 4.74. The fourth-order valence-corrected chi connectivity index (χ4v) is 0.804. The molecule has 0 aromatic heterocycles. The van der Waals surface area contributed by atoms with Gasteiger partial charge in [-0.3, -0.25) is 0 Å². The third-order valence-electron chi connectivity index (χ3n) is 1.51. The van der Waals surface area contributed by atoms with Crippen LogP contribution in [0.15, 0.2) is 0 Å². The molecule has 0 spiro atoms. The van der Waals surface area contributed by atoms with Gasteiger partial charge in [0.1, 0.15) is 0 Å². The van der Waals surface area contributed by atoms with Crippen molar-refractivity contribution in [3.63, 3.8) is 0 Å². The van der Waals surface area contributed by atoms with Crippen molar-refractivity contribution in [2.24, 2.45) is 0 Å². The van der Waals surface area contributed by atoms with Crippen molar-refractivity contribution < 1.29 is 9.84 Å². The number of aliphatic hydroxyl groups excluding tert-OH is 1. The largest absolute Gasteiger partial charge is 0.392 e. The summed E-state index contributed by atoms with van der Waals surface area (Å²) in [7, 11) is 0. The molecule has 0 radical (unpaired) electrons. The lowest BCUT2D eigenvalue weighted by Crippen LogP contribution is -2.27. The normalized spacial score (nSPS) is 13.2. The standard InChI is InChI=1S/C9H21NO2/c1-3-4-6-12-7-5-10-8-9(2)11/h9-11H,3-8H2,1-2H3/t9-/m1/s1. The summed E-state index contributed by atoms with van der Waals surface area (Å²) in [5.74, 6) is 0. The molecular formula is C9H21NO2. The molecular weight excluding hydrogens is 154 g/mol. The van der Waals surface area contributed by atoms with E-state index in [0.29, 0.717) is 6.54 Å². The second-order valence-electron chi connectivity index (χ2n) is 3.02. The van der Waals surface area contributed by atoms with Gasteiger partial charge < -0.3 is 15.2 Å². The highest BCUT2D eigenvalue weighted by molar-refractivity contribution is 4.51. The summed E-state index contributed by atoms with van der Waals surface area (Å²) in [5.41, 5.74) is 0. The molecule has 0 unspecified atom stereocenters. The van der Waals surface area contributed by atoms with Crippen LogP contribution in [0.3, 0.4) is 0 Å². The van der Waals surface area contributed by atoms with Crippen molar-refractivity contribution in [1.82, 2.24) is 5.32 Å². The fraction of sp³-hybridized carbons (Fsp3) is 1.00. The summed E-state index contributed by atoms with van der Waals surface area (Å²) in [6.07, 6.45) is 2.05. The smallest absolute Gasteiger partial charge is 0.0636 e. The molecule has 0 heterocycles. The van der Waals surface area contributed by atoms with Crippen LogP contribution in [0.1, 0.15) is 26.7 Å². The zero-order valence-electron chi connectivity index (χ0n) is 8.18. The van der Waals surface area contributed by atoms with Crippen LogP contribution in [-0.4, -0.2) is 37.5 Å². The highest BCUT2D eigenvalue weighted by Crippen LogP contribution is 1.86. The minimum atomic E-state index is -0.263. The summed E-state index contributed by atoms with van der Waals surface area (Å²) in [5, 5.41) is 12.0. The Morgan fingerprint density at radius 2 is 2.17 bits per heavy atom. The summed E-state index contributed by atoms with van der Waals surface area (Å²) < 4.78 is 5.31. The molecule has 0 aliphatic heterocycles. The number of ether oxygens (including phenoxy) is 1. The van der Waals surface area contributed by atoms with E-state index < -0.39 is 0 Å². The van der Waals surface area contributed by atoms with E-state index in [4.69, 9.17) is 9.84 Å². The molecule has 0 rings (SSSR count). The monoisotopic (exact) mass is 175 g/mol. The maximum Gasteiger partial charge on any atom is 0.0636 e. The number of hydrogen-bond acceptors (Lipinski definition) is 3. The molecule has 0 aliphatic carbocycles. The predicted molar refractivity (Wildman–Crippen MR) is 50.3 cm³/mol. The Morgan fingerprint density at radius 3 is 2.75 bits per heavy atom. The lowest BCUT2D eigenvalue weighted by Gasteiger charge is -2.06. The number of unbranched alkanes of at least 4 members (excludes halogenated alkanes) is 1. The molecule has 0 saturated carbocycles. The molecule has 0 aliphatic rings. The van der Waals surface area contributed by atoms with Gasteiger partial charge in [0.2, 0.25) is 0 Å². The molecule has 0 aromatic rings. The number of aliphatic hydroxyl groups is 1. The quantitative estimate of drug-likeness (QED) is 0.535. The van der Waals surface area contributed by atoms with E-state index in [0.717, 1.165) is 26.2 Å². The molecule has 74 valence electrons. The van der Waals surface area contributed by atoms with Gasteiger partial charge in [-0.2, -0.15) is 0 Å². The Labute approximate surface area is 75.1 Å². The van der Waals surface area contributed by atoms with E-state index in [9.17, 15) is 0 Å². The highest BCUT2D eigenvalue weighted by atomic mass is 16.5. The van der Waals surface area contributed by atoms with E-state index in [1.807, 2.05) is 0 Å². The van der Waals surface area contributed by atoms with Crippen LogP contribution in [-0.2, 0) is 4.74 Å². The SMILES string of the molecule is CCCCOCCNC[C@@H](C)O. The van der Waals surface area contributed by atoms with Gasteiger partial charge in [0, 0.05) is 19.7 Å². The summed E-state index contributed by atoms with van der Waals surface area (Å²) >= 11 is 0. The maximum absolute atomic E-state index is 8.89. The van der Waals surface area contributed by atoms with Gasteiger partial charge in [-0.1, -0.05) is 13.3 Å². The van der Waals surface area contributed by atoms with Crippen molar-refractivity contribution in [3.05, 3.63) is 0 Å². The van der Waals surface area contributed by atoms with Crippen molar-refractivity contribution in [1.29, 1.82) is 0 Å². The zero-order valence-corrected chi connectivity index (χ0v) is 8.18. The van der Waals surface area contributed by atoms with Crippen molar-refractivity contribution in [2.75, 3.05) is 26.3 Å². The number of nitrogens with one attached hydrogen (secondary N) is 1. The summed E-state index contributed by atoms with van der Waals surface area (Å²) in [6, 6.07) is 0. The van der Waals surface area contributed by atoms with Crippen molar-refractivity contribution >= 4 is 0 Å². The second-order valence-corrected chi connectivity index (χ2v) is 3.02. The van der Waals surface area contributed by atoms with Crippen molar-refractivity contribution in [3.8, 4) is 0 Å². The topological polar surface area (TPSA) is 41.5 Å². The van der Waals surface area contributed by atoms with Gasteiger partial charge in [0.25, 0.3) is 0 Å². The van der Waals surface area contributed by atoms with Gasteiger partial charge in [-0.05, 0) is 13.3 Å². The molecule has 0 bridgehead atoms. The maximum atomic E-state index is 8.89. The van der Waals surface area contributed by atoms with Crippen LogP contribution in [0, 0.1) is 0 Å². The van der Waals surface area contributed by atoms with E-state index in [1.165, 1.54) is 6.42 Å². The molecule has 3 nitrogen and oxygen atoms in total. The zero-order chi connectivity index (χ0) is 9.23. The van der Waals surface area contributed by atoms with Gasteiger partial charge >= 0.3 is 0 Å². The van der Waals surface area contributed by atoms with Crippen LogP contribution in [0.4, 0.5) is 0 Å². The molecule has 2 N–H and O–H groups in total.